The number of allylic oxidation sites excluding steroid dienone is 1. The SMILES string of the molecule is CC(C)CC1CC=C(C(C)C(=O)O)CC1. The molecule has 0 aromatic carbocycles. The Morgan fingerprint density at radius 1 is 1.53 bits per heavy atom. The van der Waals surface area contributed by atoms with Crippen molar-refractivity contribution in [2.45, 2.75) is 46.5 Å². The molecule has 0 aliphatic heterocycles. The van der Waals surface area contributed by atoms with E-state index in [0.717, 1.165) is 30.3 Å². The van der Waals surface area contributed by atoms with Crippen LogP contribution in [0.1, 0.15) is 46.5 Å². The molecule has 2 atom stereocenters. The van der Waals surface area contributed by atoms with Crippen LogP contribution in [0.25, 0.3) is 0 Å². The van der Waals surface area contributed by atoms with Crippen LogP contribution < -0.4 is 0 Å². The maximum absolute atomic E-state index is 10.8. The van der Waals surface area contributed by atoms with Crippen LogP contribution in [0, 0.1) is 17.8 Å². The standard InChI is InChI=1S/C13H22O2/c1-9(2)8-11-4-6-12(7-5-11)10(3)13(14)15/h6,9-11H,4-5,7-8H2,1-3H3,(H,14,15). The van der Waals surface area contributed by atoms with E-state index in [1.165, 1.54) is 12.8 Å². The Morgan fingerprint density at radius 2 is 2.20 bits per heavy atom. The molecule has 1 N–H and O–H groups in total. The van der Waals surface area contributed by atoms with Gasteiger partial charge < -0.3 is 5.11 Å². The van der Waals surface area contributed by atoms with Crippen LogP contribution in [0.3, 0.4) is 0 Å². The second-order valence-electron chi connectivity index (χ2n) is 5.11. The van der Waals surface area contributed by atoms with Crippen LogP contribution in [0.4, 0.5) is 0 Å². The van der Waals surface area contributed by atoms with E-state index in [2.05, 4.69) is 19.9 Å². The lowest BCUT2D eigenvalue weighted by Gasteiger charge is -2.24. The van der Waals surface area contributed by atoms with E-state index in [9.17, 15) is 4.79 Å². The summed E-state index contributed by atoms with van der Waals surface area (Å²) in [6, 6.07) is 0. The molecule has 15 heavy (non-hydrogen) atoms. The molecular weight excluding hydrogens is 188 g/mol. The number of aliphatic carboxylic acids is 1. The number of hydrogen-bond donors (Lipinski definition) is 1. The first-order valence-electron chi connectivity index (χ1n) is 5.92. The number of carboxylic acid groups (broad SMARTS) is 1. The summed E-state index contributed by atoms with van der Waals surface area (Å²) in [4.78, 5) is 10.8. The van der Waals surface area contributed by atoms with Gasteiger partial charge in [-0.15, -0.1) is 0 Å². The van der Waals surface area contributed by atoms with Crippen LogP contribution in [-0.2, 0) is 4.79 Å². The summed E-state index contributed by atoms with van der Waals surface area (Å²) in [6.07, 6.45) is 6.65. The first-order chi connectivity index (χ1) is 7.00. The molecule has 1 aliphatic carbocycles. The van der Waals surface area contributed by atoms with Crippen molar-refractivity contribution >= 4 is 5.97 Å². The maximum atomic E-state index is 10.8. The van der Waals surface area contributed by atoms with Gasteiger partial charge in [0, 0.05) is 0 Å². The quantitative estimate of drug-likeness (QED) is 0.721. The maximum Gasteiger partial charge on any atom is 0.310 e. The summed E-state index contributed by atoms with van der Waals surface area (Å²) < 4.78 is 0. The van der Waals surface area contributed by atoms with E-state index in [0.29, 0.717) is 0 Å². The first kappa shape index (κ1) is 12.3. The third-order valence-electron chi connectivity index (χ3n) is 3.29. The summed E-state index contributed by atoms with van der Waals surface area (Å²) in [6.45, 7) is 6.29. The van der Waals surface area contributed by atoms with Gasteiger partial charge in [-0.3, -0.25) is 4.79 Å². The molecule has 2 heteroatoms. The number of hydrogen-bond acceptors (Lipinski definition) is 1. The lowest BCUT2D eigenvalue weighted by Crippen LogP contribution is -2.17. The van der Waals surface area contributed by atoms with Gasteiger partial charge in [0.1, 0.15) is 0 Å². The fourth-order valence-electron chi connectivity index (χ4n) is 2.34. The van der Waals surface area contributed by atoms with Crippen molar-refractivity contribution in [3.8, 4) is 0 Å². The average Bonchev–Trinajstić information content (AvgIpc) is 2.17. The van der Waals surface area contributed by atoms with Crippen molar-refractivity contribution in [3.05, 3.63) is 11.6 Å². The third kappa shape index (κ3) is 3.69. The Labute approximate surface area is 92.4 Å². The number of carboxylic acids is 1. The van der Waals surface area contributed by atoms with Gasteiger partial charge in [-0.25, -0.2) is 0 Å². The Bertz CT molecular complexity index is 253. The molecular formula is C13H22O2. The first-order valence-corrected chi connectivity index (χ1v) is 5.92. The normalized spacial score (nSPS) is 23.7. The smallest absolute Gasteiger partial charge is 0.310 e. The zero-order valence-corrected chi connectivity index (χ0v) is 9.99. The van der Waals surface area contributed by atoms with Gasteiger partial charge in [0.05, 0.1) is 5.92 Å². The van der Waals surface area contributed by atoms with Crippen LogP contribution in [0.15, 0.2) is 11.6 Å². The molecule has 0 heterocycles. The second-order valence-corrected chi connectivity index (χ2v) is 5.11. The largest absolute Gasteiger partial charge is 0.481 e. The highest BCUT2D eigenvalue weighted by Crippen LogP contribution is 2.31. The summed E-state index contributed by atoms with van der Waals surface area (Å²) in [5.41, 5.74) is 1.13. The lowest BCUT2D eigenvalue weighted by molar-refractivity contribution is -0.139. The molecule has 1 aliphatic rings. The van der Waals surface area contributed by atoms with Crippen LogP contribution in [0.2, 0.25) is 0 Å². The monoisotopic (exact) mass is 210 g/mol. The molecule has 2 nitrogen and oxygen atoms in total. The minimum atomic E-state index is -0.691. The van der Waals surface area contributed by atoms with Crippen molar-refractivity contribution < 1.29 is 9.90 Å². The van der Waals surface area contributed by atoms with E-state index < -0.39 is 5.97 Å². The third-order valence-corrected chi connectivity index (χ3v) is 3.29. The van der Waals surface area contributed by atoms with E-state index in [1.54, 1.807) is 6.92 Å². The zero-order valence-electron chi connectivity index (χ0n) is 9.99. The minimum Gasteiger partial charge on any atom is -0.481 e. The summed E-state index contributed by atoms with van der Waals surface area (Å²) in [5, 5.41) is 8.90. The van der Waals surface area contributed by atoms with Gasteiger partial charge in [0.25, 0.3) is 0 Å². The second kappa shape index (κ2) is 5.34. The van der Waals surface area contributed by atoms with E-state index in [4.69, 9.17) is 5.11 Å². The molecule has 0 fully saturated rings. The molecule has 0 saturated carbocycles. The molecule has 86 valence electrons. The van der Waals surface area contributed by atoms with Gasteiger partial charge in [0.15, 0.2) is 0 Å². The van der Waals surface area contributed by atoms with E-state index in [-0.39, 0.29) is 5.92 Å². The summed E-state index contributed by atoms with van der Waals surface area (Å²) in [7, 11) is 0. The topological polar surface area (TPSA) is 37.3 Å². The van der Waals surface area contributed by atoms with E-state index >= 15 is 0 Å². The fourth-order valence-corrected chi connectivity index (χ4v) is 2.34. The van der Waals surface area contributed by atoms with Gasteiger partial charge in [-0.05, 0) is 44.4 Å². The van der Waals surface area contributed by atoms with Crippen molar-refractivity contribution in [1.29, 1.82) is 0 Å². The van der Waals surface area contributed by atoms with Crippen molar-refractivity contribution in [2.24, 2.45) is 17.8 Å². The van der Waals surface area contributed by atoms with Crippen LogP contribution in [0.5, 0.6) is 0 Å². The molecule has 0 bridgehead atoms. The molecule has 2 unspecified atom stereocenters. The summed E-state index contributed by atoms with van der Waals surface area (Å²) in [5.74, 6) is 0.546. The molecule has 0 amide bonds. The van der Waals surface area contributed by atoms with Gasteiger partial charge in [-0.1, -0.05) is 25.5 Å². The summed E-state index contributed by atoms with van der Waals surface area (Å²) >= 11 is 0. The van der Waals surface area contributed by atoms with Crippen molar-refractivity contribution in [1.82, 2.24) is 0 Å². The van der Waals surface area contributed by atoms with Crippen LogP contribution in [-0.4, -0.2) is 11.1 Å². The van der Waals surface area contributed by atoms with Crippen molar-refractivity contribution in [2.75, 3.05) is 0 Å². The van der Waals surface area contributed by atoms with Gasteiger partial charge in [0.2, 0.25) is 0 Å². The zero-order chi connectivity index (χ0) is 11.4. The highest BCUT2D eigenvalue weighted by Gasteiger charge is 2.22. The highest BCUT2D eigenvalue weighted by atomic mass is 16.4. The molecule has 0 saturated heterocycles. The molecule has 0 aromatic heterocycles. The Balaban J connectivity index is 2.48. The van der Waals surface area contributed by atoms with E-state index in [1.807, 2.05) is 0 Å². The molecule has 0 radical (unpaired) electrons. The van der Waals surface area contributed by atoms with Gasteiger partial charge in [-0.2, -0.15) is 0 Å². The number of rotatable bonds is 4. The lowest BCUT2D eigenvalue weighted by atomic mass is 9.81. The average molecular weight is 210 g/mol. The highest BCUT2D eigenvalue weighted by molar-refractivity contribution is 5.73. The molecule has 1 rings (SSSR count). The Kier molecular flexibility index (Phi) is 4.37. The minimum absolute atomic E-state index is 0.287. The molecule has 0 aromatic rings. The van der Waals surface area contributed by atoms with Crippen molar-refractivity contribution in [3.63, 3.8) is 0 Å². The Morgan fingerprint density at radius 3 is 2.60 bits per heavy atom. The number of carbonyl (C=O) groups is 1. The Hall–Kier alpha value is -0.790. The predicted molar refractivity (Wildman–Crippen MR) is 61.7 cm³/mol. The predicted octanol–water partition coefficient (Wildman–Crippen LogP) is 3.48. The van der Waals surface area contributed by atoms with Crippen LogP contribution >= 0.6 is 0 Å². The fraction of sp³-hybridized carbons (Fsp3) is 0.769. The van der Waals surface area contributed by atoms with Gasteiger partial charge >= 0.3 is 5.97 Å². The molecule has 0 spiro atoms.